The van der Waals surface area contributed by atoms with Crippen molar-refractivity contribution in [2.45, 2.75) is 24.1 Å². The fourth-order valence-electron chi connectivity index (χ4n) is 4.42. The number of aromatic nitrogens is 3. The van der Waals surface area contributed by atoms with Crippen molar-refractivity contribution < 1.29 is 13.2 Å². The molecule has 182 valence electrons. The predicted molar refractivity (Wildman–Crippen MR) is 142 cm³/mol. The Morgan fingerprint density at radius 3 is 2.61 bits per heavy atom. The number of para-hydroxylation sites is 2. The highest BCUT2D eigenvalue weighted by Crippen LogP contribution is 2.33. The van der Waals surface area contributed by atoms with Crippen molar-refractivity contribution in [1.82, 2.24) is 19.7 Å². The molecular weight excluding hydrogens is 518 g/mol. The maximum atomic E-state index is 12.2. The van der Waals surface area contributed by atoms with Gasteiger partial charge in [-0.3, -0.25) is 9.52 Å². The summed E-state index contributed by atoms with van der Waals surface area (Å²) >= 11 is 7.67. The standard InChI is InChI=1S/C25H20ClN5O3S2/c26-16-9-10-21-19(12-16)29-25(35-21)30-20(24-27-17-3-1-2-4-18(17)28-24)11-14-5-7-15(8-6-14)22-13-23(32)31-36(22,33)34/h1-10,12,20,22H,11,13H2,(H,27,28)(H,29,30)(H,31,32)/t20-,22?/m0/s1. The number of hydrogen-bond acceptors (Lipinski definition) is 7. The number of carbonyl (C=O) groups is 1. The maximum absolute atomic E-state index is 12.2. The molecule has 3 N–H and O–H groups in total. The van der Waals surface area contributed by atoms with Crippen LogP contribution in [0.15, 0.2) is 66.7 Å². The molecule has 1 unspecified atom stereocenters. The second-order valence-electron chi connectivity index (χ2n) is 8.68. The van der Waals surface area contributed by atoms with Gasteiger partial charge in [0.15, 0.2) is 5.13 Å². The number of halogens is 1. The minimum Gasteiger partial charge on any atom is -0.351 e. The van der Waals surface area contributed by atoms with Crippen molar-refractivity contribution in [3.8, 4) is 0 Å². The van der Waals surface area contributed by atoms with E-state index in [1.807, 2.05) is 54.6 Å². The van der Waals surface area contributed by atoms with Crippen LogP contribution in [0.25, 0.3) is 21.3 Å². The zero-order chi connectivity index (χ0) is 24.9. The molecule has 1 fully saturated rings. The Morgan fingerprint density at radius 1 is 1.06 bits per heavy atom. The molecule has 5 aromatic rings. The highest BCUT2D eigenvalue weighted by molar-refractivity contribution is 7.90. The first kappa shape index (κ1) is 23.0. The van der Waals surface area contributed by atoms with Crippen molar-refractivity contribution in [2.24, 2.45) is 0 Å². The van der Waals surface area contributed by atoms with Gasteiger partial charge in [0, 0.05) is 5.02 Å². The van der Waals surface area contributed by atoms with Gasteiger partial charge in [0.25, 0.3) is 0 Å². The largest absolute Gasteiger partial charge is 0.351 e. The summed E-state index contributed by atoms with van der Waals surface area (Å²) in [6, 6.07) is 20.6. The van der Waals surface area contributed by atoms with Crippen molar-refractivity contribution >= 4 is 65.2 Å². The number of anilines is 1. The number of hydrogen-bond donors (Lipinski definition) is 3. The maximum Gasteiger partial charge on any atom is 0.242 e. The summed E-state index contributed by atoms with van der Waals surface area (Å²) in [6.45, 7) is 0. The van der Waals surface area contributed by atoms with Gasteiger partial charge in [0.2, 0.25) is 15.9 Å². The molecule has 36 heavy (non-hydrogen) atoms. The van der Waals surface area contributed by atoms with Crippen LogP contribution in [0.1, 0.15) is 34.7 Å². The van der Waals surface area contributed by atoms with Crippen molar-refractivity contribution in [3.05, 3.63) is 88.7 Å². The number of amides is 1. The van der Waals surface area contributed by atoms with Gasteiger partial charge in [-0.2, -0.15) is 0 Å². The normalized spacial score (nSPS) is 17.9. The van der Waals surface area contributed by atoms with Crippen LogP contribution in [0.2, 0.25) is 5.02 Å². The summed E-state index contributed by atoms with van der Waals surface area (Å²) in [5.74, 6) is 0.293. The number of nitrogens with zero attached hydrogens (tertiary/aromatic N) is 2. The molecule has 2 aromatic heterocycles. The summed E-state index contributed by atoms with van der Waals surface area (Å²) < 4.78 is 27.6. The number of aromatic amines is 1. The van der Waals surface area contributed by atoms with E-state index in [-0.39, 0.29) is 12.5 Å². The van der Waals surface area contributed by atoms with E-state index in [0.29, 0.717) is 17.0 Å². The van der Waals surface area contributed by atoms with Gasteiger partial charge in [-0.1, -0.05) is 59.3 Å². The Morgan fingerprint density at radius 2 is 1.86 bits per heavy atom. The molecule has 8 nitrogen and oxygen atoms in total. The first-order valence-electron chi connectivity index (χ1n) is 11.2. The minimum absolute atomic E-state index is 0.0630. The molecule has 3 heterocycles. The molecule has 0 bridgehead atoms. The number of imidazole rings is 1. The molecule has 0 aliphatic carbocycles. The van der Waals surface area contributed by atoms with Gasteiger partial charge in [-0.15, -0.1) is 0 Å². The lowest BCUT2D eigenvalue weighted by molar-refractivity contribution is -0.118. The van der Waals surface area contributed by atoms with E-state index in [2.05, 4.69) is 15.0 Å². The summed E-state index contributed by atoms with van der Waals surface area (Å²) in [5.41, 5.74) is 4.20. The smallest absolute Gasteiger partial charge is 0.242 e. The first-order chi connectivity index (χ1) is 17.3. The Kier molecular flexibility index (Phi) is 5.66. The number of H-pyrrole nitrogens is 1. The van der Waals surface area contributed by atoms with Crippen LogP contribution < -0.4 is 10.0 Å². The van der Waals surface area contributed by atoms with Gasteiger partial charge in [0.05, 0.1) is 33.7 Å². The van der Waals surface area contributed by atoms with Crippen LogP contribution in [-0.4, -0.2) is 29.3 Å². The van der Waals surface area contributed by atoms with Crippen molar-refractivity contribution in [3.63, 3.8) is 0 Å². The van der Waals surface area contributed by atoms with E-state index >= 15 is 0 Å². The average molecular weight is 538 g/mol. The number of fused-ring (bicyclic) bond motifs is 2. The summed E-state index contributed by atoms with van der Waals surface area (Å²) in [6.07, 6.45) is 0.512. The molecular formula is C25H20ClN5O3S2. The monoisotopic (exact) mass is 537 g/mol. The van der Waals surface area contributed by atoms with Crippen molar-refractivity contribution in [1.29, 1.82) is 0 Å². The molecule has 2 atom stereocenters. The molecule has 0 spiro atoms. The number of sulfonamides is 1. The topological polar surface area (TPSA) is 117 Å². The molecule has 6 rings (SSSR count). The molecule has 0 radical (unpaired) electrons. The zero-order valence-electron chi connectivity index (χ0n) is 18.7. The molecule has 1 aliphatic rings. The number of nitrogens with one attached hydrogen (secondary N) is 3. The molecule has 0 saturated carbocycles. The van der Waals surface area contributed by atoms with E-state index in [1.165, 1.54) is 11.3 Å². The Labute approximate surface area is 215 Å². The van der Waals surface area contributed by atoms with Gasteiger partial charge in [0.1, 0.15) is 11.1 Å². The molecule has 1 saturated heterocycles. The Balaban J connectivity index is 1.31. The zero-order valence-corrected chi connectivity index (χ0v) is 21.1. The van der Waals surface area contributed by atoms with Crippen molar-refractivity contribution in [2.75, 3.05) is 5.32 Å². The van der Waals surface area contributed by atoms with Crippen LogP contribution in [0.5, 0.6) is 0 Å². The lowest BCUT2D eigenvalue weighted by atomic mass is 10.0. The third-order valence-electron chi connectivity index (χ3n) is 6.18. The lowest BCUT2D eigenvalue weighted by Gasteiger charge is -2.17. The SMILES string of the molecule is O=C1CC(c2ccc(C[C@H](Nc3nc4cc(Cl)ccc4s3)c3nc4ccccc4[nH]3)cc2)S(=O)(=O)N1. The third kappa shape index (κ3) is 4.43. The molecule has 1 aliphatic heterocycles. The summed E-state index contributed by atoms with van der Waals surface area (Å²) in [7, 11) is -3.68. The second-order valence-corrected chi connectivity index (χ2v) is 12.0. The summed E-state index contributed by atoms with van der Waals surface area (Å²) in [5, 5.41) is 4.04. The highest BCUT2D eigenvalue weighted by atomic mass is 35.5. The van der Waals surface area contributed by atoms with Crippen LogP contribution in [-0.2, 0) is 21.2 Å². The van der Waals surface area contributed by atoms with E-state index in [9.17, 15) is 13.2 Å². The van der Waals surface area contributed by atoms with E-state index in [0.717, 1.165) is 37.8 Å². The Hall–Kier alpha value is -3.47. The van der Waals surface area contributed by atoms with Crippen LogP contribution >= 0.6 is 22.9 Å². The lowest BCUT2D eigenvalue weighted by Crippen LogP contribution is -2.21. The van der Waals surface area contributed by atoms with E-state index in [4.69, 9.17) is 21.6 Å². The minimum atomic E-state index is -3.68. The Bertz CT molecular complexity index is 1680. The average Bonchev–Trinajstić information content (AvgIpc) is 3.52. The van der Waals surface area contributed by atoms with Crippen LogP contribution in [0, 0.1) is 0 Å². The van der Waals surface area contributed by atoms with Gasteiger partial charge >= 0.3 is 0 Å². The fraction of sp³-hybridized carbons (Fsp3) is 0.160. The van der Waals surface area contributed by atoms with E-state index in [1.54, 1.807) is 12.1 Å². The van der Waals surface area contributed by atoms with Gasteiger partial charge in [-0.25, -0.2) is 18.4 Å². The molecule has 11 heteroatoms. The fourth-order valence-corrected chi connectivity index (χ4v) is 6.91. The third-order valence-corrected chi connectivity index (χ3v) is 9.08. The van der Waals surface area contributed by atoms with Crippen LogP contribution in [0.3, 0.4) is 0 Å². The van der Waals surface area contributed by atoms with Crippen LogP contribution in [0.4, 0.5) is 5.13 Å². The number of rotatable bonds is 6. The predicted octanol–water partition coefficient (Wildman–Crippen LogP) is 5.11. The number of thiazole rings is 1. The highest BCUT2D eigenvalue weighted by Gasteiger charge is 2.37. The molecule has 1 amide bonds. The quantitative estimate of drug-likeness (QED) is 0.277. The van der Waals surface area contributed by atoms with Gasteiger partial charge < -0.3 is 10.3 Å². The molecule has 3 aromatic carbocycles. The van der Waals surface area contributed by atoms with Gasteiger partial charge in [-0.05, 0) is 47.9 Å². The summed E-state index contributed by atoms with van der Waals surface area (Å²) in [4.78, 5) is 24.5. The number of carbonyl (C=O) groups excluding carboxylic acids is 1. The van der Waals surface area contributed by atoms with E-state index < -0.39 is 21.2 Å². The first-order valence-corrected chi connectivity index (χ1v) is 14.0. The number of benzene rings is 3. The second kappa shape index (κ2) is 8.88.